The van der Waals surface area contributed by atoms with Crippen molar-refractivity contribution in [2.45, 2.75) is 52.7 Å². The van der Waals surface area contributed by atoms with E-state index in [-0.39, 0.29) is 12.1 Å². The molecular formula is C23H30O4. The lowest BCUT2D eigenvalue weighted by Gasteiger charge is -2.16. The summed E-state index contributed by atoms with van der Waals surface area (Å²) in [5.74, 6) is 0.629. The Bertz CT molecular complexity index is 706. The van der Waals surface area contributed by atoms with Gasteiger partial charge in [-0.15, -0.1) is 0 Å². The number of carbonyl (C=O) groups is 1. The molecule has 1 unspecified atom stereocenters. The molecule has 146 valence electrons. The molecule has 1 aromatic carbocycles. The summed E-state index contributed by atoms with van der Waals surface area (Å²) in [6.07, 6.45) is 8.68. The molecule has 0 aromatic heterocycles. The van der Waals surface area contributed by atoms with Gasteiger partial charge in [0.1, 0.15) is 12.4 Å². The predicted molar refractivity (Wildman–Crippen MR) is 108 cm³/mol. The highest BCUT2D eigenvalue weighted by molar-refractivity contribution is 5.85. The number of methoxy groups -OCH3 is 1. The summed E-state index contributed by atoms with van der Waals surface area (Å²) >= 11 is 0. The van der Waals surface area contributed by atoms with Crippen LogP contribution in [-0.4, -0.2) is 25.8 Å². The van der Waals surface area contributed by atoms with E-state index in [4.69, 9.17) is 14.2 Å². The molecular weight excluding hydrogens is 340 g/mol. The second kappa shape index (κ2) is 10.7. The Hall–Kier alpha value is -2.33. The van der Waals surface area contributed by atoms with Crippen molar-refractivity contribution in [1.29, 1.82) is 0 Å². The Morgan fingerprint density at radius 1 is 1.22 bits per heavy atom. The van der Waals surface area contributed by atoms with Gasteiger partial charge in [0.2, 0.25) is 0 Å². The van der Waals surface area contributed by atoms with E-state index in [1.165, 1.54) is 11.1 Å². The van der Waals surface area contributed by atoms with Crippen LogP contribution in [0.5, 0.6) is 5.75 Å². The molecule has 1 aliphatic rings. The number of hydrogen-bond donors (Lipinski definition) is 0. The minimum absolute atomic E-state index is 0.0453. The van der Waals surface area contributed by atoms with Gasteiger partial charge >= 0.3 is 5.97 Å². The number of ether oxygens (including phenoxy) is 3. The molecule has 4 nitrogen and oxygen atoms in total. The molecule has 0 fully saturated rings. The van der Waals surface area contributed by atoms with Gasteiger partial charge in [-0.2, -0.15) is 0 Å². The van der Waals surface area contributed by atoms with Gasteiger partial charge in [0.15, 0.2) is 0 Å². The maximum absolute atomic E-state index is 11.1. The smallest absolute Gasteiger partial charge is 0.331 e. The van der Waals surface area contributed by atoms with Crippen LogP contribution >= 0.6 is 0 Å². The second-order valence-corrected chi connectivity index (χ2v) is 7.15. The van der Waals surface area contributed by atoms with Crippen molar-refractivity contribution in [2.24, 2.45) is 0 Å². The molecule has 1 heterocycles. The van der Waals surface area contributed by atoms with Gasteiger partial charge in [-0.05, 0) is 63.3 Å². The number of cyclic esters (lactones) is 1. The van der Waals surface area contributed by atoms with Gasteiger partial charge in [-0.3, -0.25) is 0 Å². The van der Waals surface area contributed by atoms with Gasteiger partial charge in [-0.25, -0.2) is 4.79 Å². The summed E-state index contributed by atoms with van der Waals surface area (Å²) in [6, 6.07) is 7.96. The van der Waals surface area contributed by atoms with E-state index in [0.29, 0.717) is 13.2 Å². The fourth-order valence-electron chi connectivity index (χ4n) is 2.93. The minimum Gasteiger partial charge on any atom is -0.497 e. The summed E-state index contributed by atoms with van der Waals surface area (Å²) in [6.45, 7) is 7.32. The Kier molecular flexibility index (Phi) is 8.34. The molecule has 0 saturated carbocycles. The maximum atomic E-state index is 11.1. The highest BCUT2D eigenvalue weighted by atomic mass is 16.5. The van der Waals surface area contributed by atoms with Crippen molar-refractivity contribution >= 4 is 5.97 Å². The summed E-state index contributed by atoms with van der Waals surface area (Å²) < 4.78 is 16.3. The molecule has 27 heavy (non-hydrogen) atoms. The van der Waals surface area contributed by atoms with Gasteiger partial charge in [0, 0.05) is 6.08 Å². The first-order valence-corrected chi connectivity index (χ1v) is 9.37. The highest BCUT2D eigenvalue weighted by Gasteiger charge is 2.12. The Morgan fingerprint density at radius 3 is 2.56 bits per heavy atom. The molecule has 4 heteroatoms. The molecule has 1 atom stereocenters. The Morgan fingerprint density at radius 2 is 1.96 bits per heavy atom. The molecule has 0 radical (unpaired) electrons. The van der Waals surface area contributed by atoms with Crippen molar-refractivity contribution in [2.75, 3.05) is 13.7 Å². The van der Waals surface area contributed by atoms with Crippen molar-refractivity contribution < 1.29 is 19.0 Å². The lowest BCUT2D eigenvalue weighted by molar-refractivity contribution is -0.134. The first-order valence-electron chi connectivity index (χ1n) is 9.37. The molecule has 0 aliphatic carbocycles. The average molecular weight is 370 g/mol. The largest absolute Gasteiger partial charge is 0.497 e. The SMILES string of the molecule is COc1ccc(COC(C=C(C)C)C/C(C)=C/CCC2=CC(=O)OC2)cc1. The lowest BCUT2D eigenvalue weighted by atomic mass is 10.0. The van der Waals surface area contributed by atoms with Crippen molar-refractivity contribution in [3.8, 4) is 5.75 Å². The first kappa shape index (κ1) is 21.0. The average Bonchev–Trinajstić information content (AvgIpc) is 3.05. The normalized spacial score (nSPS) is 15.2. The third-order valence-electron chi connectivity index (χ3n) is 4.35. The molecule has 0 amide bonds. The molecule has 0 saturated heterocycles. The Balaban J connectivity index is 1.86. The van der Waals surface area contributed by atoms with E-state index in [2.05, 4.69) is 32.9 Å². The monoisotopic (exact) mass is 370 g/mol. The van der Waals surface area contributed by atoms with Crippen LogP contribution in [0.15, 0.2) is 59.2 Å². The van der Waals surface area contributed by atoms with Crippen LogP contribution in [0.4, 0.5) is 0 Å². The first-order chi connectivity index (χ1) is 13.0. The quantitative estimate of drug-likeness (QED) is 0.422. The van der Waals surface area contributed by atoms with Crippen LogP contribution in [0, 0.1) is 0 Å². The summed E-state index contributed by atoms with van der Waals surface area (Å²) in [4.78, 5) is 11.1. The van der Waals surface area contributed by atoms with Crippen molar-refractivity contribution in [1.82, 2.24) is 0 Å². The van der Waals surface area contributed by atoms with Crippen LogP contribution in [0.1, 0.15) is 45.6 Å². The van der Waals surface area contributed by atoms with E-state index in [1.807, 2.05) is 24.3 Å². The number of rotatable bonds is 10. The highest BCUT2D eigenvalue weighted by Crippen LogP contribution is 2.18. The maximum Gasteiger partial charge on any atom is 0.331 e. The van der Waals surface area contributed by atoms with E-state index in [1.54, 1.807) is 13.2 Å². The van der Waals surface area contributed by atoms with E-state index in [9.17, 15) is 4.79 Å². The number of benzene rings is 1. The molecule has 0 spiro atoms. The fourth-order valence-corrected chi connectivity index (χ4v) is 2.93. The molecule has 1 aliphatic heterocycles. The van der Waals surface area contributed by atoms with Gasteiger partial charge in [-0.1, -0.05) is 35.4 Å². The van der Waals surface area contributed by atoms with Crippen LogP contribution < -0.4 is 4.74 Å². The third-order valence-corrected chi connectivity index (χ3v) is 4.35. The minimum atomic E-state index is -0.221. The number of esters is 1. The standard InChI is InChI=1S/C23H30O4/c1-17(2)12-22(26-15-19-8-10-21(25-4)11-9-19)13-18(3)6-5-7-20-14-23(24)27-16-20/h6,8-12,14,22H,5,7,13,15-16H2,1-4H3/b18-6+. The fraction of sp³-hybridized carbons (Fsp3) is 0.435. The van der Waals surface area contributed by atoms with Crippen LogP contribution in [0.25, 0.3) is 0 Å². The predicted octanol–water partition coefficient (Wildman–Crippen LogP) is 5.15. The summed E-state index contributed by atoms with van der Waals surface area (Å²) in [5, 5.41) is 0. The van der Waals surface area contributed by atoms with Gasteiger partial charge in [0.25, 0.3) is 0 Å². The van der Waals surface area contributed by atoms with Crippen molar-refractivity contribution in [3.05, 3.63) is 64.8 Å². The molecule has 1 aromatic rings. The number of allylic oxidation sites excluding steroid dienone is 2. The second-order valence-electron chi connectivity index (χ2n) is 7.15. The van der Waals surface area contributed by atoms with Crippen molar-refractivity contribution in [3.63, 3.8) is 0 Å². The number of carbonyl (C=O) groups excluding carboxylic acids is 1. The van der Waals surface area contributed by atoms with E-state index in [0.717, 1.165) is 36.1 Å². The third kappa shape index (κ3) is 7.83. The molecule has 0 N–H and O–H groups in total. The summed E-state index contributed by atoms with van der Waals surface area (Å²) in [7, 11) is 1.67. The van der Waals surface area contributed by atoms with Crippen LogP contribution in [-0.2, 0) is 20.9 Å². The molecule has 0 bridgehead atoms. The van der Waals surface area contributed by atoms with Gasteiger partial charge < -0.3 is 14.2 Å². The zero-order valence-electron chi connectivity index (χ0n) is 16.8. The topological polar surface area (TPSA) is 44.8 Å². The Labute approximate surface area is 162 Å². The van der Waals surface area contributed by atoms with Crippen LogP contribution in [0.3, 0.4) is 0 Å². The molecule has 2 rings (SSSR count). The van der Waals surface area contributed by atoms with E-state index >= 15 is 0 Å². The number of hydrogen-bond acceptors (Lipinski definition) is 4. The lowest BCUT2D eigenvalue weighted by Crippen LogP contribution is -2.11. The zero-order valence-corrected chi connectivity index (χ0v) is 16.8. The summed E-state index contributed by atoms with van der Waals surface area (Å²) in [5.41, 5.74) is 4.73. The van der Waals surface area contributed by atoms with Crippen LogP contribution in [0.2, 0.25) is 0 Å². The van der Waals surface area contributed by atoms with E-state index < -0.39 is 0 Å². The zero-order chi connectivity index (χ0) is 19.6. The van der Waals surface area contributed by atoms with Gasteiger partial charge in [0.05, 0.1) is 19.8 Å².